The minimum atomic E-state index is 0.594. The van der Waals surface area contributed by atoms with Crippen LogP contribution in [0.5, 0.6) is 0 Å². The molecule has 2 N–H and O–H groups in total. The van der Waals surface area contributed by atoms with E-state index in [-0.39, 0.29) is 0 Å². The zero-order valence-corrected chi connectivity index (χ0v) is 10.2. The van der Waals surface area contributed by atoms with Crippen molar-refractivity contribution in [2.24, 2.45) is 5.73 Å². The second-order valence-electron chi connectivity index (χ2n) is 4.22. The van der Waals surface area contributed by atoms with Crippen LogP contribution in [0.2, 0.25) is 0 Å². The third kappa shape index (κ3) is 3.07. The highest BCUT2D eigenvalue weighted by molar-refractivity contribution is 5.34. The van der Waals surface area contributed by atoms with Gasteiger partial charge in [-0.15, -0.1) is 0 Å². The van der Waals surface area contributed by atoms with Crippen LogP contribution < -0.4 is 5.73 Å². The lowest BCUT2D eigenvalue weighted by atomic mass is 9.90. The molecule has 15 heavy (non-hydrogen) atoms. The first-order valence-electron chi connectivity index (χ1n) is 6.04. The Kier molecular flexibility index (Phi) is 4.83. The van der Waals surface area contributed by atoms with E-state index >= 15 is 0 Å². The molecule has 0 aromatic heterocycles. The van der Waals surface area contributed by atoms with Crippen molar-refractivity contribution in [3.8, 4) is 0 Å². The van der Waals surface area contributed by atoms with Gasteiger partial charge in [-0.1, -0.05) is 39.0 Å². The van der Waals surface area contributed by atoms with Gasteiger partial charge in [0.15, 0.2) is 0 Å². The van der Waals surface area contributed by atoms with Crippen molar-refractivity contribution in [2.75, 3.05) is 6.54 Å². The summed E-state index contributed by atoms with van der Waals surface area (Å²) in [5, 5.41) is 0. The number of rotatable bonds is 5. The van der Waals surface area contributed by atoms with Crippen molar-refractivity contribution in [1.29, 1.82) is 0 Å². The van der Waals surface area contributed by atoms with Crippen LogP contribution >= 0.6 is 0 Å². The Bertz CT molecular complexity index is 304. The van der Waals surface area contributed by atoms with Crippen LogP contribution in [-0.4, -0.2) is 6.54 Å². The van der Waals surface area contributed by atoms with Gasteiger partial charge in [-0.2, -0.15) is 0 Å². The summed E-state index contributed by atoms with van der Waals surface area (Å²) < 4.78 is 0. The molecule has 1 nitrogen and oxygen atoms in total. The Morgan fingerprint density at radius 1 is 1.20 bits per heavy atom. The molecule has 1 unspecified atom stereocenters. The molecule has 0 spiro atoms. The van der Waals surface area contributed by atoms with Crippen LogP contribution in [-0.2, 0) is 12.8 Å². The van der Waals surface area contributed by atoms with E-state index in [0.29, 0.717) is 5.92 Å². The summed E-state index contributed by atoms with van der Waals surface area (Å²) >= 11 is 0. The quantitative estimate of drug-likeness (QED) is 0.784. The molecule has 1 aromatic carbocycles. The summed E-state index contributed by atoms with van der Waals surface area (Å²) in [6.07, 6.45) is 3.32. The molecule has 1 atom stereocenters. The van der Waals surface area contributed by atoms with Crippen LogP contribution in [0.25, 0.3) is 0 Å². The lowest BCUT2D eigenvalue weighted by molar-refractivity contribution is 0.682. The molecule has 0 aliphatic carbocycles. The first-order valence-corrected chi connectivity index (χ1v) is 6.04. The summed E-state index contributed by atoms with van der Waals surface area (Å²) in [4.78, 5) is 0. The topological polar surface area (TPSA) is 26.0 Å². The first-order chi connectivity index (χ1) is 7.22. The van der Waals surface area contributed by atoms with Gasteiger partial charge < -0.3 is 5.73 Å². The lowest BCUT2D eigenvalue weighted by Gasteiger charge is -2.16. The van der Waals surface area contributed by atoms with Gasteiger partial charge in [0.1, 0.15) is 0 Å². The Labute approximate surface area is 93.7 Å². The SMILES string of the molecule is CCc1ccc(CC)c(C(C)CCN)c1. The van der Waals surface area contributed by atoms with Gasteiger partial charge in [-0.25, -0.2) is 0 Å². The zero-order chi connectivity index (χ0) is 11.3. The van der Waals surface area contributed by atoms with Crippen LogP contribution in [0, 0.1) is 0 Å². The monoisotopic (exact) mass is 205 g/mol. The molecule has 0 aliphatic rings. The fourth-order valence-electron chi connectivity index (χ4n) is 2.05. The van der Waals surface area contributed by atoms with Gasteiger partial charge in [0.05, 0.1) is 0 Å². The maximum absolute atomic E-state index is 5.63. The average molecular weight is 205 g/mol. The van der Waals surface area contributed by atoms with Crippen molar-refractivity contribution in [1.82, 2.24) is 0 Å². The maximum atomic E-state index is 5.63. The molecular formula is C14H23N. The Hall–Kier alpha value is -0.820. The Morgan fingerprint density at radius 3 is 2.47 bits per heavy atom. The predicted molar refractivity (Wildman–Crippen MR) is 67.3 cm³/mol. The molecule has 1 heteroatoms. The van der Waals surface area contributed by atoms with Crippen LogP contribution in [0.15, 0.2) is 18.2 Å². The van der Waals surface area contributed by atoms with Gasteiger partial charge in [0, 0.05) is 0 Å². The molecule has 84 valence electrons. The largest absolute Gasteiger partial charge is 0.330 e. The molecule has 0 radical (unpaired) electrons. The van der Waals surface area contributed by atoms with Gasteiger partial charge in [-0.05, 0) is 48.4 Å². The van der Waals surface area contributed by atoms with Gasteiger partial charge in [-0.3, -0.25) is 0 Å². The number of nitrogens with two attached hydrogens (primary N) is 1. The summed E-state index contributed by atoms with van der Waals surface area (Å²) in [6, 6.07) is 6.89. The molecule has 0 heterocycles. The van der Waals surface area contributed by atoms with E-state index in [2.05, 4.69) is 39.0 Å². The normalized spacial score (nSPS) is 12.8. The van der Waals surface area contributed by atoms with E-state index in [1.54, 1.807) is 0 Å². The number of hydrogen-bond acceptors (Lipinski definition) is 1. The number of hydrogen-bond donors (Lipinski definition) is 1. The molecule has 0 saturated heterocycles. The van der Waals surface area contributed by atoms with Gasteiger partial charge >= 0.3 is 0 Å². The molecule has 0 bridgehead atoms. The van der Waals surface area contributed by atoms with E-state index in [1.165, 1.54) is 16.7 Å². The predicted octanol–water partition coefficient (Wildman–Crippen LogP) is 3.26. The number of aryl methyl sites for hydroxylation is 2. The van der Waals surface area contributed by atoms with E-state index in [9.17, 15) is 0 Å². The van der Waals surface area contributed by atoms with Crippen molar-refractivity contribution in [2.45, 2.75) is 46.0 Å². The van der Waals surface area contributed by atoms with Crippen LogP contribution in [0.4, 0.5) is 0 Å². The minimum absolute atomic E-state index is 0.594. The van der Waals surface area contributed by atoms with Gasteiger partial charge in [0.2, 0.25) is 0 Å². The average Bonchev–Trinajstić information content (AvgIpc) is 2.28. The second-order valence-corrected chi connectivity index (χ2v) is 4.22. The zero-order valence-electron chi connectivity index (χ0n) is 10.2. The third-order valence-corrected chi connectivity index (χ3v) is 3.13. The molecule has 0 saturated carbocycles. The van der Waals surface area contributed by atoms with Crippen molar-refractivity contribution >= 4 is 0 Å². The van der Waals surface area contributed by atoms with Crippen molar-refractivity contribution < 1.29 is 0 Å². The smallest absolute Gasteiger partial charge is 0.00715 e. The summed E-state index contributed by atoms with van der Waals surface area (Å²) in [5.41, 5.74) is 10.0. The standard InChI is InChI=1S/C14H23N/c1-4-12-6-7-13(5-2)14(10-12)11(3)8-9-15/h6-7,10-11H,4-5,8-9,15H2,1-3H3. The highest BCUT2D eigenvalue weighted by Crippen LogP contribution is 2.24. The van der Waals surface area contributed by atoms with Crippen LogP contribution in [0.3, 0.4) is 0 Å². The highest BCUT2D eigenvalue weighted by Gasteiger charge is 2.09. The highest BCUT2D eigenvalue weighted by atomic mass is 14.5. The Morgan fingerprint density at radius 2 is 1.93 bits per heavy atom. The van der Waals surface area contributed by atoms with Crippen molar-refractivity contribution in [3.05, 3.63) is 34.9 Å². The van der Waals surface area contributed by atoms with E-state index in [0.717, 1.165) is 25.8 Å². The third-order valence-electron chi connectivity index (χ3n) is 3.13. The summed E-state index contributed by atoms with van der Waals surface area (Å²) in [7, 11) is 0. The fourth-order valence-corrected chi connectivity index (χ4v) is 2.05. The van der Waals surface area contributed by atoms with E-state index < -0.39 is 0 Å². The van der Waals surface area contributed by atoms with E-state index in [1.807, 2.05) is 0 Å². The fraction of sp³-hybridized carbons (Fsp3) is 0.571. The molecule has 1 aromatic rings. The van der Waals surface area contributed by atoms with Crippen molar-refractivity contribution in [3.63, 3.8) is 0 Å². The molecular weight excluding hydrogens is 182 g/mol. The molecule has 1 rings (SSSR count). The summed E-state index contributed by atoms with van der Waals surface area (Å²) in [6.45, 7) is 7.49. The molecule has 0 fully saturated rings. The van der Waals surface area contributed by atoms with E-state index in [4.69, 9.17) is 5.73 Å². The number of benzene rings is 1. The second kappa shape index (κ2) is 5.92. The van der Waals surface area contributed by atoms with Crippen LogP contribution in [0.1, 0.15) is 49.8 Å². The summed E-state index contributed by atoms with van der Waals surface area (Å²) in [5.74, 6) is 0.594. The Balaban J connectivity index is 3.00. The lowest BCUT2D eigenvalue weighted by Crippen LogP contribution is -2.07. The maximum Gasteiger partial charge on any atom is -0.00715 e. The first kappa shape index (κ1) is 12.3. The molecule has 0 amide bonds. The van der Waals surface area contributed by atoms with Gasteiger partial charge in [0.25, 0.3) is 0 Å². The molecule has 0 aliphatic heterocycles. The minimum Gasteiger partial charge on any atom is -0.330 e.